The normalized spacial score (nSPS) is 19.5. The molecule has 1 aromatic carbocycles. The van der Waals surface area contributed by atoms with Crippen LogP contribution in [0.5, 0.6) is 5.75 Å². The fourth-order valence-electron chi connectivity index (χ4n) is 5.23. The van der Waals surface area contributed by atoms with Crippen LogP contribution in [0.25, 0.3) is 0 Å². The van der Waals surface area contributed by atoms with Crippen molar-refractivity contribution in [3.05, 3.63) is 28.8 Å². The number of amides is 1. The van der Waals surface area contributed by atoms with Gasteiger partial charge in [0.25, 0.3) is 0 Å². The zero-order valence-corrected chi connectivity index (χ0v) is 20.9. The van der Waals surface area contributed by atoms with E-state index in [0.717, 1.165) is 24.0 Å². The van der Waals surface area contributed by atoms with Gasteiger partial charge in [-0.1, -0.05) is 41.5 Å². The van der Waals surface area contributed by atoms with E-state index in [0.29, 0.717) is 18.6 Å². The Morgan fingerprint density at radius 1 is 1.00 bits per heavy atom. The van der Waals surface area contributed by atoms with Gasteiger partial charge in [0.2, 0.25) is 5.91 Å². The van der Waals surface area contributed by atoms with E-state index < -0.39 is 0 Å². The lowest BCUT2D eigenvalue weighted by molar-refractivity contribution is -0.122. The van der Waals surface area contributed by atoms with Gasteiger partial charge in [0.05, 0.1) is 0 Å². The number of carbonyl (C=O) groups excluding carboxylic acids is 1. The zero-order valence-electron chi connectivity index (χ0n) is 20.9. The third kappa shape index (κ3) is 6.47. The predicted molar refractivity (Wildman–Crippen MR) is 126 cm³/mol. The van der Waals surface area contributed by atoms with E-state index in [1.54, 1.807) is 0 Å². The standard InChI is InChI=1S/C26H44N2O2/c1-23(2,3)20-13-18(29)14-21(24(4,5)6)19(20)11-12-22(30)27-17-15-25(7,8)28-26(9,10)16-17/h13-14,17,28-29H,11-12,15-16H2,1-10H3,(H,27,30). The maximum absolute atomic E-state index is 12.9. The Morgan fingerprint density at radius 2 is 1.43 bits per heavy atom. The molecule has 3 N–H and O–H groups in total. The Balaban J connectivity index is 2.21. The molecule has 0 unspecified atom stereocenters. The van der Waals surface area contributed by atoms with Crippen molar-refractivity contribution < 1.29 is 9.90 Å². The van der Waals surface area contributed by atoms with Gasteiger partial charge in [-0.3, -0.25) is 4.79 Å². The molecule has 0 bridgehead atoms. The van der Waals surface area contributed by atoms with E-state index in [4.69, 9.17) is 0 Å². The molecule has 0 radical (unpaired) electrons. The Hall–Kier alpha value is -1.55. The predicted octanol–water partition coefficient (Wildman–Crippen LogP) is 5.35. The summed E-state index contributed by atoms with van der Waals surface area (Å²) in [4.78, 5) is 12.9. The minimum atomic E-state index is -0.104. The molecule has 1 heterocycles. The fraction of sp³-hybridized carbons (Fsp3) is 0.731. The van der Waals surface area contributed by atoms with Gasteiger partial charge in [-0.2, -0.15) is 0 Å². The highest BCUT2D eigenvalue weighted by Crippen LogP contribution is 2.38. The lowest BCUT2D eigenvalue weighted by atomic mass is 9.75. The number of benzene rings is 1. The number of piperidine rings is 1. The number of carbonyl (C=O) groups is 1. The number of nitrogens with one attached hydrogen (secondary N) is 2. The van der Waals surface area contributed by atoms with Crippen molar-refractivity contribution in [2.24, 2.45) is 0 Å². The number of aromatic hydroxyl groups is 1. The molecule has 1 amide bonds. The second-order valence-electron chi connectivity index (χ2n) is 12.6. The van der Waals surface area contributed by atoms with Crippen molar-refractivity contribution in [2.75, 3.05) is 0 Å². The lowest BCUT2D eigenvalue weighted by Gasteiger charge is -2.46. The van der Waals surface area contributed by atoms with Crippen LogP contribution in [0, 0.1) is 0 Å². The molecule has 170 valence electrons. The second-order valence-corrected chi connectivity index (χ2v) is 12.6. The van der Waals surface area contributed by atoms with Gasteiger partial charge in [0.1, 0.15) is 5.75 Å². The molecule has 0 spiro atoms. The van der Waals surface area contributed by atoms with Gasteiger partial charge in [-0.15, -0.1) is 0 Å². The molecule has 30 heavy (non-hydrogen) atoms. The van der Waals surface area contributed by atoms with Gasteiger partial charge in [0.15, 0.2) is 0 Å². The summed E-state index contributed by atoms with van der Waals surface area (Å²) >= 11 is 0. The third-order valence-corrected chi connectivity index (χ3v) is 6.01. The molecule has 4 heteroatoms. The third-order valence-electron chi connectivity index (χ3n) is 6.01. The van der Waals surface area contributed by atoms with Crippen molar-refractivity contribution in [1.29, 1.82) is 0 Å². The molecule has 1 saturated heterocycles. The van der Waals surface area contributed by atoms with Crippen molar-refractivity contribution in [3.8, 4) is 5.75 Å². The van der Waals surface area contributed by atoms with Crippen molar-refractivity contribution >= 4 is 5.91 Å². The van der Waals surface area contributed by atoms with Crippen molar-refractivity contribution in [3.63, 3.8) is 0 Å². The molecule has 1 aliphatic rings. The molecule has 0 atom stereocenters. The monoisotopic (exact) mass is 416 g/mol. The summed E-state index contributed by atoms with van der Waals surface area (Å²) in [5, 5.41) is 17.3. The molecule has 2 rings (SSSR count). The van der Waals surface area contributed by atoms with Gasteiger partial charge in [-0.25, -0.2) is 0 Å². The fourth-order valence-corrected chi connectivity index (χ4v) is 5.23. The quantitative estimate of drug-likeness (QED) is 0.620. The molecule has 0 aromatic heterocycles. The van der Waals surface area contributed by atoms with E-state index in [1.807, 2.05) is 12.1 Å². The first-order valence-electron chi connectivity index (χ1n) is 11.4. The van der Waals surface area contributed by atoms with Crippen molar-refractivity contribution in [1.82, 2.24) is 10.6 Å². The molecule has 1 aliphatic heterocycles. The zero-order chi connectivity index (χ0) is 23.1. The van der Waals surface area contributed by atoms with Crippen molar-refractivity contribution in [2.45, 2.75) is 123 Å². The number of rotatable bonds is 4. The first kappa shape index (κ1) is 24.7. The van der Waals surface area contributed by atoms with Crippen LogP contribution in [-0.2, 0) is 22.0 Å². The minimum Gasteiger partial charge on any atom is -0.508 e. The molecular weight excluding hydrogens is 372 g/mol. The minimum absolute atomic E-state index is 0.00939. The highest BCUT2D eigenvalue weighted by atomic mass is 16.3. The molecule has 0 saturated carbocycles. The summed E-state index contributed by atoms with van der Waals surface area (Å²) in [7, 11) is 0. The van der Waals surface area contributed by atoms with E-state index in [1.165, 1.54) is 5.56 Å². The molecule has 0 aliphatic carbocycles. The molecule has 4 nitrogen and oxygen atoms in total. The molecule has 1 fully saturated rings. The molecule has 1 aromatic rings. The van der Waals surface area contributed by atoms with Gasteiger partial charge >= 0.3 is 0 Å². The summed E-state index contributed by atoms with van der Waals surface area (Å²) in [6, 6.07) is 3.94. The summed E-state index contributed by atoms with van der Waals surface area (Å²) in [5.41, 5.74) is 3.27. The Bertz CT molecular complexity index is 728. The van der Waals surface area contributed by atoms with Crippen LogP contribution in [-0.4, -0.2) is 28.1 Å². The van der Waals surface area contributed by atoms with Crippen LogP contribution in [0.2, 0.25) is 0 Å². The Morgan fingerprint density at radius 3 is 1.83 bits per heavy atom. The SMILES string of the molecule is CC1(C)CC(NC(=O)CCc2c(C(C)(C)C)cc(O)cc2C(C)(C)C)CC(C)(C)N1. The van der Waals surface area contributed by atoms with E-state index in [-0.39, 0.29) is 33.9 Å². The maximum atomic E-state index is 12.9. The first-order chi connectivity index (χ1) is 13.4. The van der Waals surface area contributed by atoms with Gasteiger partial charge in [-0.05, 0) is 86.6 Å². The van der Waals surface area contributed by atoms with Crippen LogP contribution in [0.15, 0.2) is 12.1 Å². The largest absolute Gasteiger partial charge is 0.508 e. The number of hydrogen-bond donors (Lipinski definition) is 3. The van der Waals surface area contributed by atoms with Crippen LogP contribution in [0.1, 0.15) is 105 Å². The summed E-state index contributed by atoms with van der Waals surface area (Å²) in [6.07, 6.45) is 3.01. The number of hydrogen-bond acceptors (Lipinski definition) is 3. The summed E-state index contributed by atoms with van der Waals surface area (Å²) in [6.45, 7) is 21.8. The van der Waals surface area contributed by atoms with E-state index in [9.17, 15) is 9.90 Å². The first-order valence-corrected chi connectivity index (χ1v) is 11.4. The van der Waals surface area contributed by atoms with Crippen LogP contribution < -0.4 is 10.6 Å². The lowest BCUT2D eigenvalue weighted by Crippen LogP contribution is -2.62. The maximum Gasteiger partial charge on any atom is 0.220 e. The smallest absolute Gasteiger partial charge is 0.220 e. The van der Waals surface area contributed by atoms with E-state index in [2.05, 4.69) is 79.9 Å². The Labute approximate surface area is 184 Å². The molecular formula is C26H44N2O2. The summed E-state index contributed by atoms with van der Waals surface area (Å²) < 4.78 is 0. The van der Waals surface area contributed by atoms with Crippen LogP contribution in [0.4, 0.5) is 0 Å². The van der Waals surface area contributed by atoms with Crippen LogP contribution >= 0.6 is 0 Å². The highest BCUT2D eigenvalue weighted by Gasteiger charge is 2.38. The average Bonchev–Trinajstić information content (AvgIpc) is 2.47. The van der Waals surface area contributed by atoms with Gasteiger partial charge in [0, 0.05) is 23.5 Å². The van der Waals surface area contributed by atoms with Crippen LogP contribution in [0.3, 0.4) is 0 Å². The average molecular weight is 417 g/mol. The summed E-state index contributed by atoms with van der Waals surface area (Å²) in [5.74, 6) is 0.415. The highest BCUT2D eigenvalue weighted by molar-refractivity contribution is 5.76. The Kier molecular flexibility index (Phi) is 6.74. The van der Waals surface area contributed by atoms with E-state index >= 15 is 0 Å². The number of phenols is 1. The number of phenolic OH excluding ortho intramolecular Hbond substituents is 1. The van der Waals surface area contributed by atoms with Gasteiger partial charge < -0.3 is 15.7 Å². The topological polar surface area (TPSA) is 61.4 Å². The second kappa shape index (κ2) is 8.18.